The molecule has 1 aromatic carbocycles. The van der Waals surface area contributed by atoms with E-state index >= 15 is 0 Å². The van der Waals surface area contributed by atoms with Crippen molar-refractivity contribution >= 4 is 45.3 Å². The zero-order valence-corrected chi connectivity index (χ0v) is 18.0. The molecule has 0 atom stereocenters. The van der Waals surface area contributed by atoms with Crippen LogP contribution in [0.25, 0.3) is 0 Å². The Morgan fingerprint density at radius 1 is 1.23 bits per heavy atom. The fraction of sp³-hybridized carbons (Fsp3) is 0.238. The molecule has 154 valence electrons. The van der Waals surface area contributed by atoms with Gasteiger partial charge in [-0.3, -0.25) is 14.9 Å². The Kier molecular flexibility index (Phi) is 7.54. The lowest BCUT2D eigenvalue weighted by Crippen LogP contribution is -2.33. The highest BCUT2D eigenvalue weighted by atomic mass is 32.1. The second-order valence-electron chi connectivity index (χ2n) is 6.13. The van der Waals surface area contributed by atoms with Crippen LogP contribution in [-0.2, 0) is 11.2 Å². The molecule has 0 aliphatic carbocycles. The van der Waals surface area contributed by atoms with Crippen LogP contribution in [0.1, 0.15) is 28.7 Å². The maximum absolute atomic E-state index is 12.9. The highest BCUT2D eigenvalue weighted by Crippen LogP contribution is 2.22. The Morgan fingerprint density at radius 2 is 2.03 bits per heavy atom. The van der Waals surface area contributed by atoms with Crippen molar-refractivity contribution in [3.8, 4) is 11.8 Å². The molecule has 0 unspecified atom stereocenters. The predicted molar refractivity (Wildman–Crippen MR) is 118 cm³/mol. The van der Waals surface area contributed by atoms with Gasteiger partial charge < -0.3 is 9.64 Å². The number of anilines is 2. The van der Waals surface area contributed by atoms with Gasteiger partial charge in [-0.1, -0.05) is 6.07 Å². The summed E-state index contributed by atoms with van der Waals surface area (Å²) in [6.45, 7) is 2.75. The van der Waals surface area contributed by atoms with Crippen molar-refractivity contribution in [3.05, 3.63) is 57.7 Å². The first-order chi connectivity index (χ1) is 14.6. The lowest BCUT2D eigenvalue weighted by molar-refractivity contribution is -0.118. The van der Waals surface area contributed by atoms with Gasteiger partial charge in [0.25, 0.3) is 5.91 Å². The van der Waals surface area contributed by atoms with E-state index < -0.39 is 0 Å². The molecule has 0 bridgehead atoms. The van der Waals surface area contributed by atoms with E-state index in [1.165, 1.54) is 22.7 Å². The summed E-state index contributed by atoms with van der Waals surface area (Å²) in [5.74, 6) is 0.331. The second-order valence-corrected chi connectivity index (χ2v) is 7.94. The number of nitriles is 1. The average molecular weight is 441 g/mol. The zero-order chi connectivity index (χ0) is 21.3. The summed E-state index contributed by atoms with van der Waals surface area (Å²) in [5, 5.41) is 15.7. The van der Waals surface area contributed by atoms with E-state index in [0.717, 1.165) is 5.75 Å². The molecule has 0 aliphatic heterocycles. The van der Waals surface area contributed by atoms with Crippen molar-refractivity contribution in [1.82, 2.24) is 4.98 Å². The Morgan fingerprint density at radius 3 is 2.70 bits per heavy atom. The highest BCUT2D eigenvalue weighted by molar-refractivity contribution is 7.14. The lowest BCUT2D eigenvalue weighted by Gasteiger charge is -2.21. The summed E-state index contributed by atoms with van der Waals surface area (Å²) in [6, 6.07) is 12.8. The van der Waals surface area contributed by atoms with Crippen LogP contribution in [0, 0.1) is 11.3 Å². The van der Waals surface area contributed by atoms with Gasteiger partial charge in [0, 0.05) is 17.6 Å². The SMILES string of the molecule is CCOc1ccc(N(CCC#N)C(=O)Cc2csc(NC(=O)c3cccs3)n2)cc1. The Labute approximate surface area is 182 Å². The van der Waals surface area contributed by atoms with Gasteiger partial charge in [-0.15, -0.1) is 22.7 Å². The Balaban J connectivity index is 1.67. The molecule has 0 saturated heterocycles. The van der Waals surface area contributed by atoms with Crippen molar-refractivity contribution < 1.29 is 14.3 Å². The number of ether oxygens (including phenoxy) is 1. The molecular formula is C21H20N4O3S2. The fourth-order valence-electron chi connectivity index (χ4n) is 2.71. The van der Waals surface area contributed by atoms with E-state index in [0.29, 0.717) is 28.0 Å². The molecule has 2 aromatic heterocycles. The molecule has 0 radical (unpaired) electrons. The first-order valence-electron chi connectivity index (χ1n) is 9.30. The van der Waals surface area contributed by atoms with E-state index in [1.54, 1.807) is 40.6 Å². The van der Waals surface area contributed by atoms with Crippen molar-refractivity contribution in [1.29, 1.82) is 5.26 Å². The Bertz CT molecular complexity index is 1020. The van der Waals surface area contributed by atoms with E-state index in [1.807, 2.05) is 18.4 Å². The summed E-state index contributed by atoms with van der Waals surface area (Å²) >= 11 is 2.62. The number of nitrogens with one attached hydrogen (secondary N) is 1. The molecule has 0 fully saturated rings. The van der Waals surface area contributed by atoms with E-state index in [2.05, 4.69) is 16.4 Å². The van der Waals surface area contributed by atoms with Gasteiger partial charge in [-0.2, -0.15) is 5.26 Å². The highest BCUT2D eigenvalue weighted by Gasteiger charge is 2.18. The molecule has 0 aliphatic rings. The third kappa shape index (κ3) is 5.65. The van der Waals surface area contributed by atoms with Gasteiger partial charge in [-0.05, 0) is 42.6 Å². The number of amides is 2. The van der Waals surface area contributed by atoms with Crippen LogP contribution in [-0.4, -0.2) is 29.9 Å². The van der Waals surface area contributed by atoms with Crippen LogP contribution in [0.2, 0.25) is 0 Å². The Hall–Kier alpha value is -3.22. The molecule has 2 amide bonds. The first-order valence-corrected chi connectivity index (χ1v) is 11.1. The smallest absolute Gasteiger partial charge is 0.267 e. The number of carbonyl (C=O) groups is 2. The number of benzene rings is 1. The quantitative estimate of drug-likeness (QED) is 0.534. The van der Waals surface area contributed by atoms with Gasteiger partial charge in [0.2, 0.25) is 5.91 Å². The van der Waals surface area contributed by atoms with Gasteiger partial charge in [0.15, 0.2) is 5.13 Å². The summed E-state index contributed by atoms with van der Waals surface area (Å²) < 4.78 is 5.44. The maximum Gasteiger partial charge on any atom is 0.267 e. The normalized spacial score (nSPS) is 10.3. The van der Waals surface area contributed by atoms with E-state index in [-0.39, 0.29) is 31.2 Å². The standard InChI is InChI=1S/C21H20N4O3S2/c1-2-28-17-8-6-16(7-9-17)25(11-4-10-22)19(26)13-15-14-30-21(23-15)24-20(27)18-5-3-12-29-18/h3,5-9,12,14H,2,4,11,13H2,1H3,(H,23,24,27). The van der Waals surface area contributed by atoms with Crippen LogP contribution in [0.5, 0.6) is 5.75 Å². The molecule has 1 N–H and O–H groups in total. The number of nitrogens with zero attached hydrogens (tertiary/aromatic N) is 3. The number of rotatable bonds is 9. The monoisotopic (exact) mass is 440 g/mol. The predicted octanol–water partition coefficient (Wildman–Crippen LogP) is 4.34. The summed E-state index contributed by atoms with van der Waals surface area (Å²) in [7, 11) is 0. The number of thiazole rings is 1. The number of hydrogen-bond acceptors (Lipinski definition) is 7. The summed E-state index contributed by atoms with van der Waals surface area (Å²) in [6.07, 6.45) is 0.294. The maximum atomic E-state index is 12.9. The first kappa shape index (κ1) is 21.5. The molecule has 0 spiro atoms. The minimum atomic E-state index is -0.220. The van der Waals surface area contributed by atoms with Gasteiger partial charge in [0.05, 0.1) is 36.1 Å². The number of aromatic nitrogens is 1. The van der Waals surface area contributed by atoms with E-state index in [9.17, 15) is 9.59 Å². The third-order valence-corrected chi connectivity index (χ3v) is 5.73. The van der Waals surface area contributed by atoms with Crippen molar-refractivity contribution in [3.63, 3.8) is 0 Å². The van der Waals surface area contributed by atoms with Crippen LogP contribution in [0.4, 0.5) is 10.8 Å². The number of thiophene rings is 1. The van der Waals surface area contributed by atoms with Crippen molar-refractivity contribution in [2.24, 2.45) is 0 Å². The van der Waals surface area contributed by atoms with Gasteiger partial charge >= 0.3 is 0 Å². The fourth-order valence-corrected chi connectivity index (χ4v) is 4.04. The molecule has 9 heteroatoms. The average Bonchev–Trinajstić information content (AvgIpc) is 3.42. The molecule has 2 heterocycles. The van der Waals surface area contributed by atoms with E-state index in [4.69, 9.17) is 10.00 Å². The molecule has 30 heavy (non-hydrogen) atoms. The zero-order valence-electron chi connectivity index (χ0n) is 16.3. The summed E-state index contributed by atoms with van der Waals surface area (Å²) in [5.41, 5.74) is 1.26. The topological polar surface area (TPSA) is 95.3 Å². The molecule has 3 aromatic rings. The van der Waals surface area contributed by atoms with Gasteiger partial charge in [0.1, 0.15) is 5.75 Å². The molecular weight excluding hydrogens is 420 g/mol. The number of hydrogen-bond donors (Lipinski definition) is 1. The van der Waals surface area contributed by atoms with Crippen molar-refractivity contribution in [2.75, 3.05) is 23.4 Å². The van der Waals surface area contributed by atoms with Gasteiger partial charge in [-0.25, -0.2) is 4.98 Å². The lowest BCUT2D eigenvalue weighted by atomic mass is 10.2. The minimum Gasteiger partial charge on any atom is -0.494 e. The number of carbonyl (C=O) groups excluding carboxylic acids is 2. The van der Waals surface area contributed by atoms with Crippen LogP contribution >= 0.6 is 22.7 Å². The molecule has 7 nitrogen and oxygen atoms in total. The van der Waals surface area contributed by atoms with Crippen LogP contribution in [0.3, 0.4) is 0 Å². The minimum absolute atomic E-state index is 0.0734. The molecule has 0 saturated carbocycles. The molecule has 3 rings (SSSR count). The van der Waals surface area contributed by atoms with Crippen LogP contribution in [0.15, 0.2) is 47.2 Å². The summed E-state index contributed by atoms with van der Waals surface area (Å²) in [4.78, 5) is 31.6. The van der Waals surface area contributed by atoms with Crippen molar-refractivity contribution in [2.45, 2.75) is 19.8 Å². The largest absolute Gasteiger partial charge is 0.494 e. The second kappa shape index (κ2) is 10.5. The van der Waals surface area contributed by atoms with Crippen LogP contribution < -0.4 is 15.0 Å². The third-order valence-electron chi connectivity index (χ3n) is 4.06.